The van der Waals surface area contributed by atoms with Gasteiger partial charge in [-0.25, -0.2) is 13.8 Å². The van der Waals surface area contributed by atoms with Crippen molar-refractivity contribution >= 4 is 29.2 Å². The maximum absolute atomic E-state index is 14.2. The van der Waals surface area contributed by atoms with Crippen molar-refractivity contribution < 1.29 is 28.2 Å². The number of carbonyl (C=O) groups is 2. The molecule has 0 saturated heterocycles. The summed E-state index contributed by atoms with van der Waals surface area (Å²) in [6.07, 6.45) is 2.21. The first-order chi connectivity index (χ1) is 20.4. The molecule has 2 aromatic carbocycles. The van der Waals surface area contributed by atoms with E-state index in [-0.39, 0.29) is 35.9 Å². The van der Waals surface area contributed by atoms with Crippen molar-refractivity contribution in [3.8, 4) is 0 Å². The molecule has 0 spiro atoms. The predicted molar refractivity (Wildman–Crippen MR) is 172 cm³/mol. The number of hydrogen-bond donors (Lipinski definition) is 3. The quantitative estimate of drug-likeness (QED) is 0.0822. The van der Waals surface area contributed by atoms with E-state index in [2.05, 4.69) is 30.0 Å². The number of aliphatic carboxylic acids is 1. The van der Waals surface area contributed by atoms with Crippen molar-refractivity contribution in [3.63, 3.8) is 0 Å². The SMILES string of the molecule is C=C(C)/C(=C(/N)N=C(C)C(=C)c1ccc(F)cc1NCc1cccc(F)c1)C(C)(C=O)C(=C)O/C=C(\C)CC(C)(C)C(=O)O. The number of allylic oxidation sites excluding steroid dienone is 4. The van der Waals surface area contributed by atoms with Gasteiger partial charge in [-0.2, -0.15) is 0 Å². The van der Waals surface area contributed by atoms with Crippen LogP contribution in [-0.2, 0) is 20.9 Å². The van der Waals surface area contributed by atoms with Crippen LogP contribution in [0.1, 0.15) is 59.1 Å². The average molecular weight is 606 g/mol. The maximum atomic E-state index is 14.2. The normalized spacial score (nSPS) is 14.2. The summed E-state index contributed by atoms with van der Waals surface area (Å²) < 4.78 is 33.6. The first kappa shape index (κ1) is 35.4. The van der Waals surface area contributed by atoms with Crippen molar-refractivity contribution in [2.45, 2.75) is 54.5 Å². The molecule has 0 aliphatic carbocycles. The Kier molecular flexibility index (Phi) is 11.7. The first-order valence-corrected chi connectivity index (χ1v) is 13.8. The Balaban J connectivity index is 2.43. The molecule has 1 unspecified atom stereocenters. The molecule has 44 heavy (non-hydrogen) atoms. The average Bonchev–Trinajstić information content (AvgIpc) is 2.93. The van der Waals surface area contributed by atoms with E-state index in [0.717, 1.165) is 0 Å². The molecule has 234 valence electrons. The summed E-state index contributed by atoms with van der Waals surface area (Å²) in [7, 11) is 0. The molecule has 0 aromatic heterocycles. The first-order valence-electron chi connectivity index (χ1n) is 13.8. The molecule has 0 aliphatic heterocycles. The number of aldehydes is 1. The van der Waals surface area contributed by atoms with Gasteiger partial charge < -0.3 is 25.7 Å². The molecule has 4 N–H and O–H groups in total. The fraction of sp³-hybridized carbons (Fsp3) is 0.286. The summed E-state index contributed by atoms with van der Waals surface area (Å²) in [5.74, 6) is -1.80. The lowest BCUT2D eigenvalue weighted by Crippen LogP contribution is -2.28. The number of nitrogens with zero attached hydrogens (tertiary/aromatic N) is 1. The van der Waals surface area contributed by atoms with Crippen LogP contribution in [0.4, 0.5) is 14.5 Å². The minimum absolute atomic E-state index is 0.0282. The lowest BCUT2D eigenvalue weighted by Gasteiger charge is -2.29. The Morgan fingerprint density at radius 2 is 1.70 bits per heavy atom. The van der Waals surface area contributed by atoms with E-state index in [1.54, 1.807) is 59.7 Å². The molecule has 0 heterocycles. The van der Waals surface area contributed by atoms with Crippen molar-refractivity contribution in [2.75, 3.05) is 5.32 Å². The highest BCUT2D eigenvalue weighted by molar-refractivity contribution is 6.23. The number of carboxylic acids is 1. The van der Waals surface area contributed by atoms with Crippen molar-refractivity contribution in [1.82, 2.24) is 0 Å². The summed E-state index contributed by atoms with van der Waals surface area (Å²) in [6.45, 7) is 22.1. The molecule has 0 amide bonds. The monoisotopic (exact) mass is 605 g/mol. The van der Waals surface area contributed by atoms with E-state index in [1.807, 2.05) is 0 Å². The number of ether oxygens (including phenoxy) is 1. The van der Waals surface area contributed by atoms with Gasteiger partial charge in [0, 0.05) is 29.1 Å². The third kappa shape index (κ3) is 8.86. The van der Waals surface area contributed by atoms with Crippen LogP contribution in [-0.4, -0.2) is 23.1 Å². The van der Waals surface area contributed by atoms with E-state index in [0.29, 0.717) is 45.5 Å². The summed E-state index contributed by atoms with van der Waals surface area (Å²) in [6, 6.07) is 10.2. The number of carbonyl (C=O) groups excluding carboxylic acids is 1. The lowest BCUT2D eigenvalue weighted by atomic mass is 9.78. The predicted octanol–water partition coefficient (Wildman–Crippen LogP) is 7.94. The van der Waals surface area contributed by atoms with Gasteiger partial charge >= 0.3 is 5.97 Å². The third-order valence-corrected chi connectivity index (χ3v) is 7.12. The number of rotatable bonds is 15. The van der Waals surface area contributed by atoms with Crippen LogP contribution in [0.25, 0.3) is 5.57 Å². The van der Waals surface area contributed by atoms with Crippen molar-refractivity contribution in [1.29, 1.82) is 0 Å². The summed E-state index contributed by atoms with van der Waals surface area (Å²) in [4.78, 5) is 28.5. The second-order valence-electron chi connectivity index (χ2n) is 11.6. The fourth-order valence-corrected chi connectivity index (χ4v) is 4.57. The highest BCUT2D eigenvalue weighted by Crippen LogP contribution is 2.39. The highest BCUT2D eigenvalue weighted by atomic mass is 19.1. The van der Waals surface area contributed by atoms with Crippen LogP contribution >= 0.6 is 0 Å². The largest absolute Gasteiger partial charge is 0.481 e. The van der Waals surface area contributed by atoms with Crippen LogP contribution in [0.2, 0.25) is 0 Å². The molecule has 9 heteroatoms. The summed E-state index contributed by atoms with van der Waals surface area (Å²) >= 11 is 0. The van der Waals surface area contributed by atoms with Gasteiger partial charge in [0.05, 0.1) is 11.7 Å². The molecule has 2 rings (SSSR count). The van der Waals surface area contributed by atoms with Crippen LogP contribution in [0.15, 0.2) is 102 Å². The van der Waals surface area contributed by atoms with Gasteiger partial charge in [-0.3, -0.25) is 4.79 Å². The number of hydrogen-bond acceptors (Lipinski definition) is 6. The Morgan fingerprint density at radius 3 is 2.27 bits per heavy atom. The Hall–Kier alpha value is -4.79. The summed E-state index contributed by atoms with van der Waals surface area (Å²) in [5, 5.41) is 12.5. The van der Waals surface area contributed by atoms with E-state index < -0.39 is 22.6 Å². The van der Waals surface area contributed by atoms with E-state index in [1.165, 1.54) is 30.5 Å². The van der Waals surface area contributed by atoms with E-state index >= 15 is 0 Å². The Bertz CT molecular complexity index is 1570. The third-order valence-electron chi connectivity index (χ3n) is 7.12. The number of anilines is 1. The van der Waals surface area contributed by atoms with Gasteiger partial charge in [-0.15, -0.1) is 0 Å². The summed E-state index contributed by atoms with van der Waals surface area (Å²) in [5.41, 5.74) is 7.77. The zero-order valence-corrected chi connectivity index (χ0v) is 26.2. The zero-order valence-electron chi connectivity index (χ0n) is 26.2. The lowest BCUT2D eigenvalue weighted by molar-refractivity contribution is -0.146. The Labute approximate surface area is 258 Å². The molecule has 7 nitrogen and oxygen atoms in total. The number of nitrogens with one attached hydrogen (secondary N) is 1. The van der Waals surface area contributed by atoms with Crippen LogP contribution in [0.5, 0.6) is 0 Å². The topological polar surface area (TPSA) is 114 Å². The highest BCUT2D eigenvalue weighted by Gasteiger charge is 2.37. The number of nitrogens with two attached hydrogens (primary N) is 1. The van der Waals surface area contributed by atoms with Crippen molar-refractivity contribution in [2.24, 2.45) is 21.6 Å². The second kappa shape index (κ2) is 14.6. The minimum atomic E-state index is -1.46. The molecule has 0 aliphatic rings. The fourth-order valence-electron chi connectivity index (χ4n) is 4.57. The molecule has 1 atom stereocenters. The van der Waals surface area contributed by atoms with Crippen LogP contribution < -0.4 is 11.1 Å². The smallest absolute Gasteiger partial charge is 0.309 e. The minimum Gasteiger partial charge on any atom is -0.481 e. The van der Waals surface area contributed by atoms with Crippen LogP contribution in [0.3, 0.4) is 0 Å². The standard InChI is InChI=1S/C35H41F2N3O4/c1-21(2)31(35(9,20-41)25(6)44-19-22(3)17-34(7,8)33(42)43)32(38)40-24(5)23(4)29-14-13-28(37)16-30(29)39-18-26-11-10-12-27(36)15-26/h10-16,19-20,39H,1,4,6,17-18,38H2,2-3,5,7-9H3,(H,42,43)/b22-19+,32-31+,40-24?. The van der Waals surface area contributed by atoms with Crippen molar-refractivity contribution in [3.05, 3.63) is 120 Å². The Morgan fingerprint density at radius 1 is 1.07 bits per heavy atom. The van der Waals surface area contributed by atoms with Gasteiger partial charge in [0.25, 0.3) is 0 Å². The molecule has 0 radical (unpaired) electrons. The molecular weight excluding hydrogens is 564 g/mol. The number of halogens is 2. The number of benzene rings is 2. The molecule has 0 bridgehead atoms. The van der Waals surface area contributed by atoms with Gasteiger partial charge in [0.15, 0.2) is 0 Å². The number of aliphatic imine (C=N–C) groups is 1. The maximum Gasteiger partial charge on any atom is 0.309 e. The van der Waals surface area contributed by atoms with Gasteiger partial charge in [-0.05, 0) is 101 Å². The second-order valence-corrected chi connectivity index (χ2v) is 11.6. The van der Waals surface area contributed by atoms with Crippen LogP contribution in [0, 0.1) is 22.5 Å². The van der Waals surface area contributed by atoms with E-state index in [9.17, 15) is 23.5 Å². The number of carboxylic acid groups (broad SMARTS) is 1. The molecule has 2 aromatic rings. The van der Waals surface area contributed by atoms with Gasteiger partial charge in [0.1, 0.15) is 34.9 Å². The van der Waals surface area contributed by atoms with Gasteiger partial charge in [0.2, 0.25) is 0 Å². The van der Waals surface area contributed by atoms with E-state index in [4.69, 9.17) is 10.5 Å². The molecule has 0 saturated carbocycles. The van der Waals surface area contributed by atoms with Gasteiger partial charge in [-0.1, -0.05) is 31.9 Å². The molecular formula is C35H41F2N3O4. The molecule has 0 fully saturated rings. The zero-order chi connectivity index (χ0) is 33.4.